The first-order valence-corrected chi connectivity index (χ1v) is 6.44. The van der Waals surface area contributed by atoms with Crippen molar-refractivity contribution < 1.29 is 9.13 Å². The first-order valence-electron chi connectivity index (χ1n) is 5.56. The molecule has 2 aromatic heterocycles. The Bertz CT molecular complexity index is 723. The summed E-state index contributed by atoms with van der Waals surface area (Å²) in [5.41, 5.74) is 7.11. The Morgan fingerprint density at radius 1 is 1.47 bits per heavy atom. The molecule has 1 aromatic carbocycles. The Morgan fingerprint density at radius 3 is 3.00 bits per heavy atom. The molecule has 0 saturated carbocycles. The summed E-state index contributed by atoms with van der Waals surface area (Å²) in [5, 5.41) is 2.81. The number of nitrogen functional groups attached to an aromatic ring is 1. The zero-order valence-electron chi connectivity index (χ0n) is 10.1. The van der Waals surface area contributed by atoms with E-state index in [1.165, 1.54) is 24.5 Å². The van der Waals surface area contributed by atoms with Gasteiger partial charge in [0.15, 0.2) is 11.6 Å². The monoisotopic (exact) mass is 278 g/mol. The number of methoxy groups -OCH3 is 1. The Balaban J connectivity index is 2.15. The number of halogens is 1. The average molecular weight is 278 g/mol. The van der Waals surface area contributed by atoms with Gasteiger partial charge in [-0.05, 0) is 0 Å². The van der Waals surface area contributed by atoms with E-state index in [0.717, 1.165) is 10.5 Å². The lowest BCUT2D eigenvalue weighted by Gasteiger charge is -2.05. The molecular weight excluding hydrogens is 267 g/mol. The average Bonchev–Trinajstić information content (AvgIpc) is 2.98. The van der Waals surface area contributed by atoms with Crippen LogP contribution in [-0.2, 0) is 6.54 Å². The van der Waals surface area contributed by atoms with Crippen molar-refractivity contribution in [2.75, 3.05) is 12.8 Å². The van der Waals surface area contributed by atoms with Crippen molar-refractivity contribution in [2.24, 2.45) is 0 Å². The van der Waals surface area contributed by atoms with Gasteiger partial charge in [0.25, 0.3) is 0 Å². The van der Waals surface area contributed by atoms with Crippen molar-refractivity contribution >= 4 is 28.3 Å². The van der Waals surface area contributed by atoms with E-state index in [0.29, 0.717) is 18.0 Å². The molecule has 0 amide bonds. The third-order valence-corrected chi connectivity index (χ3v) is 3.59. The minimum absolute atomic E-state index is 0.174. The molecule has 0 aliphatic rings. The van der Waals surface area contributed by atoms with Crippen molar-refractivity contribution in [3.63, 3.8) is 0 Å². The summed E-state index contributed by atoms with van der Waals surface area (Å²) in [6.45, 7) is 0.509. The fourth-order valence-corrected chi connectivity index (χ4v) is 2.54. The molecule has 0 aliphatic carbocycles. The molecular formula is C12H11FN4OS. The van der Waals surface area contributed by atoms with Crippen LogP contribution in [0.15, 0.2) is 23.7 Å². The number of hydrogen-bond acceptors (Lipinski definition) is 5. The summed E-state index contributed by atoms with van der Waals surface area (Å²) in [6, 6.07) is 2.92. The van der Waals surface area contributed by atoms with Gasteiger partial charge in [-0.25, -0.2) is 14.4 Å². The maximum atomic E-state index is 13.6. The van der Waals surface area contributed by atoms with Crippen molar-refractivity contribution in [3.8, 4) is 5.75 Å². The van der Waals surface area contributed by atoms with Crippen LogP contribution in [0.5, 0.6) is 5.75 Å². The van der Waals surface area contributed by atoms with Crippen LogP contribution in [0.3, 0.4) is 0 Å². The second-order valence-corrected chi connectivity index (χ2v) is 4.94. The SMILES string of the molecule is COc1cc2c(cc1F)nc(N)n2Cc1nccs1. The van der Waals surface area contributed by atoms with E-state index in [-0.39, 0.29) is 5.75 Å². The Kier molecular flexibility index (Phi) is 2.83. The molecule has 3 rings (SSSR count). The summed E-state index contributed by atoms with van der Waals surface area (Å²) in [6.07, 6.45) is 1.73. The fraction of sp³-hybridized carbons (Fsp3) is 0.167. The summed E-state index contributed by atoms with van der Waals surface area (Å²) >= 11 is 1.53. The van der Waals surface area contributed by atoms with Crippen LogP contribution < -0.4 is 10.5 Å². The van der Waals surface area contributed by atoms with Gasteiger partial charge >= 0.3 is 0 Å². The standard InChI is InChI=1S/C12H11FN4OS/c1-18-10-5-9-8(4-7(10)13)16-12(14)17(9)6-11-15-2-3-19-11/h2-5H,6H2,1H3,(H2,14,16). The van der Waals surface area contributed by atoms with Crippen molar-refractivity contribution in [3.05, 3.63) is 34.5 Å². The molecule has 0 radical (unpaired) electrons. The number of imidazole rings is 1. The van der Waals surface area contributed by atoms with Gasteiger partial charge in [-0.15, -0.1) is 11.3 Å². The lowest BCUT2D eigenvalue weighted by molar-refractivity contribution is 0.387. The summed E-state index contributed by atoms with van der Waals surface area (Å²) < 4.78 is 20.4. The van der Waals surface area contributed by atoms with E-state index in [2.05, 4.69) is 9.97 Å². The second kappa shape index (κ2) is 4.51. The van der Waals surface area contributed by atoms with E-state index in [1.54, 1.807) is 16.8 Å². The summed E-state index contributed by atoms with van der Waals surface area (Å²) in [5.74, 6) is 0.0551. The number of hydrogen-bond donors (Lipinski definition) is 1. The zero-order valence-corrected chi connectivity index (χ0v) is 10.9. The Hall–Kier alpha value is -2.15. The first kappa shape index (κ1) is 11.9. The predicted octanol–water partition coefficient (Wildman–Crippen LogP) is 2.27. The molecule has 2 heterocycles. The van der Waals surface area contributed by atoms with Crippen LogP contribution in [0.1, 0.15) is 5.01 Å². The predicted molar refractivity (Wildman–Crippen MR) is 71.9 cm³/mol. The minimum Gasteiger partial charge on any atom is -0.494 e. The zero-order chi connectivity index (χ0) is 13.4. The molecule has 98 valence electrons. The van der Waals surface area contributed by atoms with E-state index in [1.807, 2.05) is 5.38 Å². The highest BCUT2D eigenvalue weighted by atomic mass is 32.1. The second-order valence-electron chi connectivity index (χ2n) is 3.96. The highest BCUT2D eigenvalue weighted by Gasteiger charge is 2.13. The Labute approximate surface area is 112 Å². The van der Waals surface area contributed by atoms with Gasteiger partial charge in [0.1, 0.15) is 5.01 Å². The van der Waals surface area contributed by atoms with Gasteiger partial charge in [0.05, 0.1) is 24.7 Å². The molecule has 7 heteroatoms. The molecule has 0 aliphatic heterocycles. The van der Waals surface area contributed by atoms with Crippen molar-refractivity contribution in [1.82, 2.24) is 14.5 Å². The van der Waals surface area contributed by atoms with Crippen molar-refractivity contribution in [2.45, 2.75) is 6.54 Å². The molecule has 0 fully saturated rings. The fourth-order valence-electron chi connectivity index (χ4n) is 1.93. The highest BCUT2D eigenvalue weighted by Crippen LogP contribution is 2.27. The molecule has 19 heavy (non-hydrogen) atoms. The van der Waals surface area contributed by atoms with Crippen LogP contribution in [0.25, 0.3) is 11.0 Å². The third kappa shape index (κ3) is 2.01. The molecule has 3 aromatic rings. The lowest BCUT2D eigenvalue weighted by Crippen LogP contribution is -2.04. The molecule has 0 saturated heterocycles. The third-order valence-electron chi connectivity index (χ3n) is 2.83. The number of nitrogens with zero attached hydrogens (tertiary/aromatic N) is 3. The summed E-state index contributed by atoms with van der Waals surface area (Å²) in [7, 11) is 1.43. The minimum atomic E-state index is -0.450. The van der Waals surface area contributed by atoms with Crippen LogP contribution in [-0.4, -0.2) is 21.6 Å². The van der Waals surface area contributed by atoms with Gasteiger partial charge in [0.2, 0.25) is 5.95 Å². The smallest absolute Gasteiger partial charge is 0.201 e. The molecule has 0 atom stereocenters. The highest BCUT2D eigenvalue weighted by molar-refractivity contribution is 7.09. The number of nitrogens with two attached hydrogens (primary N) is 1. The summed E-state index contributed by atoms with van der Waals surface area (Å²) in [4.78, 5) is 8.36. The van der Waals surface area contributed by atoms with Crippen LogP contribution >= 0.6 is 11.3 Å². The van der Waals surface area contributed by atoms with Gasteiger partial charge < -0.3 is 15.0 Å². The van der Waals surface area contributed by atoms with E-state index in [4.69, 9.17) is 10.5 Å². The number of benzene rings is 1. The largest absolute Gasteiger partial charge is 0.494 e. The quantitative estimate of drug-likeness (QED) is 0.798. The van der Waals surface area contributed by atoms with E-state index >= 15 is 0 Å². The van der Waals surface area contributed by atoms with E-state index < -0.39 is 5.82 Å². The first-order chi connectivity index (χ1) is 9.19. The maximum Gasteiger partial charge on any atom is 0.201 e. The van der Waals surface area contributed by atoms with Crippen LogP contribution in [0.4, 0.5) is 10.3 Å². The molecule has 5 nitrogen and oxygen atoms in total. The van der Waals surface area contributed by atoms with E-state index in [9.17, 15) is 4.39 Å². The molecule has 0 unspecified atom stereocenters. The van der Waals surface area contributed by atoms with Crippen LogP contribution in [0, 0.1) is 5.82 Å². The number of ether oxygens (including phenoxy) is 1. The Morgan fingerprint density at radius 2 is 2.32 bits per heavy atom. The molecule has 0 spiro atoms. The lowest BCUT2D eigenvalue weighted by atomic mass is 10.3. The number of anilines is 1. The van der Waals surface area contributed by atoms with Gasteiger partial charge in [0, 0.05) is 23.7 Å². The number of rotatable bonds is 3. The maximum absolute atomic E-state index is 13.6. The number of aromatic nitrogens is 3. The van der Waals surface area contributed by atoms with Crippen LogP contribution in [0.2, 0.25) is 0 Å². The van der Waals surface area contributed by atoms with Crippen molar-refractivity contribution in [1.29, 1.82) is 0 Å². The topological polar surface area (TPSA) is 66.0 Å². The van der Waals surface area contributed by atoms with Gasteiger partial charge in [-0.2, -0.15) is 0 Å². The van der Waals surface area contributed by atoms with Gasteiger partial charge in [-0.3, -0.25) is 0 Å². The molecule has 2 N–H and O–H groups in total. The van der Waals surface area contributed by atoms with Gasteiger partial charge in [-0.1, -0.05) is 0 Å². The normalized spacial score (nSPS) is 11.1. The number of fused-ring (bicyclic) bond motifs is 1. The molecule has 0 bridgehead atoms. The number of thiazole rings is 1.